The van der Waals surface area contributed by atoms with Crippen LogP contribution in [0.25, 0.3) is 0 Å². The van der Waals surface area contributed by atoms with Gasteiger partial charge in [-0.1, -0.05) is 23.7 Å². The summed E-state index contributed by atoms with van der Waals surface area (Å²) in [5, 5.41) is 14.1. The average Bonchev–Trinajstić information content (AvgIpc) is 3.22. The van der Waals surface area contributed by atoms with E-state index in [-0.39, 0.29) is 5.91 Å². The van der Waals surface area contributed by atoms with Crippen molar-refractivity contribution >= 4 is 46.3 Å². The molecule has 160 valence electrons. The minimum Gasteiger partial charge on any atom is -0.339 e. The van der Waals surface area contributed by atoms with Gasteiger partial charge < -0.3 is 16.0 Å². The third-order valence-corrected chi connectivity index (χ3v) is 5.45. The Balaban J connectivity index is 1.53. The Morgan fingerprint density at radius 3 is 2.81 bits per heavy atom. The number of carbonyl (C=O) groups is 1. The Morgan fingerprint density at radius 2 is 1.97 bits per heavy atom. The van der Waals surface area contributed by atoms with Gasteiger partial charge in [-0.2, -0.15) is 10.1 Å². The maximum atomic E-state index is 12.7. The summed E-state index contributed by atoms with van der Waals surface area (Å²) in [7, 11) is 1.78. The van der Waals surface area contributed by atoms with E-state index in [0.29, 0.717) is 22.5 Å². The van der Waals surface area contributed by atoms with E-state index in [1.165, 1.54) is 0 Å². The van der Waals surface area contributed by atoms with Crippen LogP contribution in [-0.4, -0.2) is 25.7 Å². The smallest absolute Gasteiger partial charge is 0.276 e. The van der Waals surface area contributed by atoms with Crippen molar-refractivity contribution in [3.8, 4) is 0 Å². The van der Waals surface area contributed by atoms with Gasteiger partial charge >= 0.3 is 0 Å². The topological polar surface area (TPSA) is 96.8 Å². The molecular weight excluding hydrogens is 426 g/mol. The SMILES string of the molecule is Cn1ccc(C(=O)Nc2ccc3cc2CCc2cccc(c2)Nc2ncc(Cl)c(n2)N3)n1. The zero-order valence-corrected chi connectivity index (χ0v) is 18.0. The zero-order chi connectivity index (χ0) is 22.1. The lowest BCUT2D eigenvalue weighted by molar-refractivity contribution is 0.102. The largest absolute Gasteiger partial charge is 0.339 e. The fraction of sp³-hybridized carbons (Fsp3) is 0.130. The number of halogens is 1. The molecular formula is C23H20ClN7O. The Labute approximate surface area is 189 Å². The van der Waals surface area contributed by atoms with Crippen LogP contribution in [-0.2, 0) is 19.9 Å². The van der Waals surface area contributed by atoms with E-state index in [0.717, 1.165) is 41.0 Å². The molecule has 4 aromatic rings. The predicted octanol–water partition coefficient (Wildman–Crippen LogP) is 4.70. The summed E-state index contributed by atoms with van der Waals surface area (Å²) in [6, 6.07) is 15.5. The minimum absolute atomic E-state index is 0.250. The van der Waals surface area contributed by atoms with Crippen LogP contribution in [0.5, 0.6) is 0 Å². The van der Waals surface area contributed by atoms with Crippen molar-refractivity contribution in [2.45, 2.75) is 12.8 Å². The van der Waals surface area contributed by atoms with Crippen LogP contribution in [0.15, 0.2) is 60.9 Å². The van der Waals surface area contributed by atoms with E-state index in [2.05, 4.69) is 43.1 Å². The highest BCUT2D eigenvalue weighted by molar-refractivity contribution is 6.32. The normalized spacial score (nSPS) is 12.4. The van der Waals surface area contributed by atoms with Gasteiger partial charge in [-0.15, -0.1) is 0 Å². The third-order valence-electron chi connectivity index (χ3n) is 5.17. The van der Waals surface area contributed by atoms with Gasteiger partial charge in [0.2, 0.25) is 5.95 Å². The lowest BCUT2D eigenvalue weighted by Crippen LogP contribution is -2.14. The molecule has 8 nitrogen and oxygen atoms in total. The molecule has 2 aromatic heterocycles. The summed E-state index contributed by atoms with van der Waals surface area (Å²) in [5.41, 5.74) is 4.96. The molecule has 9 heteroatoms. The number of carbonyl (C=O) groups excluding carboxylic acids is 1. The van der Waals surface area contributed by atoms with E-state index in [1.54, 1.807) is 30.2 Å². The van der Waals surface area contributed by atoms with E-state index in [4.69, 9.17) is 11.6 Å². The molecule has 5 rings (SSSR count). The predicted molar refractivity (Wildman–Crippen MR) is 125 cm³/mol. The summed E-state index contributed by atoms with van der Waals surface area (Å²) in [4.78, 5) is 21.5. The zero-order valence-electron chi connectivity index (χ0n) is 17.3. The van der Waals surface area contributed by atoms with Gasteiger partial charge in [0.1, 0.15) is 5.02 Å². The Kier molecular flexibility index (Phi) is 5.20. The van der Waals surface area contributed by atoms with Crippen molar-refractivity contribution in [1.82, 2.24) is 19.7 Å². The number of fused-ring (bicyclic) bond motifs is 6. The third kappa shape index (κ3) is 4.26. The number of nitrogens with zero attached hydrogens (tertiary/aromatic N) is 4. The van der Waals surface area contributed by atoms with Gasteiger partial charge in [0.05, 0.1) is 6.20 Å². The second-order valence-electron chi connectivity index (χ2n) is 7.54. The number of hydrogen-bond acceptors (Lipinski definition) is 6. The Hall–Kier alpha value is -3.91. The molecule has 32 heavy (non-hydrogen) atoms. The number of aromatic nitrogens is 4. The lowest BCUT2D eigenvalue weighted by Gasteiger charge is -2.14. The molecule has 0 atom stereocenters. The molecule has 0 fully saturated rings. The summed E-state index contributed by atoms with van der Waals surface area (Å²) in [6.45, 7) is 0. The number of amides is 1. The molecule has 1 aliphatic rings. The Morgan fingerprint density at radius 1 is 1.09 bits per heavy atom. The highest BCUT2D eigenvalue weighted by atomic mass is 35.5. The molecule has 3 heterocycles. The second-order valence-corrected chi connectivity index (χ2v) is 7.95. The van der Waals surface area contributed by atoms with Crippen molar-refractivity contribution in [2.24, 2.45) is 7.05 Å². The van der Waals surface area contributed by atoms with Crippen LogP contribution in [0.3, 0.4) is 0 Å². The second kappa shape index (κ2) is 8.32. The van der Waals surface area contributed by atoms with Gasteiger partial charge in [0.25, 0.3) is 5.91 Å². The van der Waals surface area contributed by atoms with Crippen LogP contribution in [0, 0.1) is 0 Å². The molecule has 3 N–H and O–H groups in total. The van der Waals surface area contributed by atoms with Crippen LogP contribution in [0.1, 0.15) is 21.6 Å². The summed E-state index contributed by atoms with van der Waals surface area (Å²) >= 11 is 6.32. The average molecular weight is 446 g/mol. The first-order valence-electron chi connectivity index (χ1n) is 10.1. The molecule has 0 saturated heterocycles. The van der Waals surface area contributed by atoms with Crippen LogP contribution in [0.2, 0.25) is 5.02 Å². The molecule has 0 aliphatic carbocycles. The van der Waals surface area contributed by atoms with E-state index in [1.807, 2.05) is 30.3 Å². The fourth-order valence-electron chi connectivity index (χ4n) is 3.59. The molecule has 2 aromatic carbocycles. The first-order valence-corrected chi connectivity index (χ1v) is 10.5. The lowest BCUT2D eigenvalue weighted by atomic mass is 10.0. The number of anilines is 5. The summed E-state index contributed by atoms with van der Waals surface area (Å²) in [6.07, 6.45) is 4.83. The standard InChI is InChI=1S/C23H20ClN7O/c1-31-10-9-20(30-31)22(32)28-19-8-7-17-12-15(19)6-5-14-3-2-4-16(11-14)27-23-25-13-18(24)21(26-17)29-23/h2-4,7-13H,5-6H2,1H3,(H,28,32)(H2,25,26,27,29). The molecule has 0 unspecified atom stereocenters. The van der Waals surface area contributed by atoms with Gasteiger partial charge in [0, 0.05) is 30.3 Å². The van der Waals surface area contributed by atoms with Crippen molar-refractivity contribution in [3.05, 3.63) is 82.8 Å². The number of aryl methyl sites for hydroxylation is 3. The number of benzene rings is 2. The first-order chi connectivity index (χ1) is 15.5. The van der Waals surface area contributed by atoms with Crippen molar-refractivity contribution in [1.29, 1.82) is 0 Å². The van der Waals surface area contributed by atoms with Gasteiger partial charge in [-0.05, 0) is 60.4 Å². The van der Waals surface area contributed by atoms with Gasteiger partial charge in [0.15, 0.2) is 11.5 Å². The van der Waals surface area contributed by atoms with Crippen molar-refractivity contribution in [2.75, 3.05) is 16.0 Å². The summed E-state index contributed by atoms with van der Waals surface area (Å²) in [5.74, 6) is 0.698. The number of rotatable bonds is 2. The van der Waals surface area contributed by atoms with Crippen LogP contribution < -0.4 is 16.0 Å². The van der Waals surface area contributed by atoms with Crippen LogP contribution >= 0.6 is 11.6 Å². The molecule has 0 radical (unpaired) electrons. The monoisotopic (exact) mass is 445 g/mol. The van der Waals surface area contributed by atoms with Gasteiger partial charge in [-0.3, -0.25) is 9.48 Å². The van der Waals surface area contributed by atoms with Crippen LogP contribution in [0.4, 0.5) is 28.8 Å². The molecule has 0 spiro atoms. The first kappa shape index (κ1) is 20.0. The van der Waals surface area contributed by atoms with E-state index in [9.17, 15) is 4.79 Å². The molecule has 6 bridgehead atoms. The Bertz CT molecular complexity index is 1320. The fourth-order valence-corrected chi connectivity index (χ4v) is 3.73. The molecule has 1 aliphatic heterocycles. The number of nitrogens with one attached hydrogen (secondary N) is 3. The van der Waals surface area contributed by atoms with Crippen molar-refractivity contribution < 1.29 is 4.79 Å². The van der Waals surface area contributed by atoms with Gasteiger partial charge in [-0.25, -0.2) is 4.98 Å². The molecule has 1 amide bonds. The van der Waals surface area contributed by atoms with E-state index < -0.39 is 0 Å². The highest BCUT2D eigenvalue weighted by Crippen LogP contribution is 2.29. The van der Waals surface area contributed by atoms with Crippen molar-refractivity contribution in [3.63, 3.8) is 0 Å². The summed E-state index contributed by atoms with van der Waals surface area (Å²) < 4.78 is 1.60. The number of hydrogen-bond donors (Lipinski definition) is 3. The highest BCUT2D eigenvalue weighted by Gasteiger charge is 2.14. The quantitative estimate of drug-likeness (QED) is 0.413. The molecule has 0 saturated carbocycles. The minimum atomic E-state index is -0.250. The van der Waals surface area contributed by atoms with E-state index >= 15 is 0 Å². The maximum Gasteiger partial charge on any atom is 0.276 e. The maximum absolute atomic E-state index is 12.7.